The van der Waals surface area contributed by atoms with E-state index >= 15 is 0 Å². The van der Waals surface area contributed by atoms with Crippen LogP contribution in [-0.2, 0) is 28.5 Å². The molecule has 0 atom stereocenters. The molecule has 15 heavy (non-hydrogen) atoms. The Kier molecular flexibility index (Phi) is 8.95. The topological polar surface area (TPSA) is 71.1 Å². The second-order valence-electron chi connectivity index (χ2n) is 2.60. The Hall–Kier alpha value is -0.980. The molecule has 0 heterocycles. The van der Waals surface area contributed by atoms with E-state index in [1.807, 2.05) is 0 Å². The Balaban J connectivity index is 3.37. The maximum Gasteiger partial charge on any atom is 0.313 e. The smallest absolute Gasteiger partial charge is 0.313 e. The zero-order valence-corrected chi connectivity index (χ0v) is 8.99. The molecular weight excluding hydrogens is 204 g/mol. The molecule has 0 rings (SSSR count). The number of methoxy groups -OCH3 is 1. The Morgan fingerprint density at radius 3 is 2.47 bits per heavy atom. The number of esters is 1. The lowest BCUT2D eigenvalue weighted by Gasteiger charge is -2.04. The summed E-state index contributed by atoms with van der Waals surface area (Å²) in [7, 11) is 1.48. The lowest BCUT2D eigenvalue weighted by Crippen LogP contribution is -2.17. The highest BCUT2D eigenvalue weighted by atomic mass is 16.7. The summed E-state index contributed by atoms with van der Waals surface area (Å²) in [6, 6.07) is 0. The molecule has 6 heteroatoms. The molecule has 0 aromatic carbocycles. The van der Waals surface area contributed by atoms with Crippen molar-refractivity contribution >= 4 is 11.8 Å². The third-order valence-corrected chi connectivity index (χ3v) is 1.28. The van der Waals surface area contributed by atoms with Crippen LogP contribution < -0.4 is 0 Å². The van der Waals surface area contributed by atoms with Crippen molar-refractivity contribution < 1.29 is 28.5 Å². The summed E-state index contributed by atoms with van der Waals surface area (Å²) < 4.78 is 18.8. The molecule has 0 aliphatic heterocycles. The number of hydrogen-bond donors (Lipinski definition) is 0. The van der Waals surface area contributed by atoms with Gasteiger partial charge in [-0.2, -0.15) is 0 Å². The van der Waals surface area contributed by atoms with Gasteiger partial charge in [-0.05, 0) is 6.92 Å². The van der Waals surface area contributed by atoms with E-state index in [-0.39, 0.29) is 39.0 Å². The zero-order valence-electron chi connectivity index (χ0n) is 8.99. The van der Waals surface area contributed by atoms with E-state index in [1.165, 1.54) is 7.11 Å². The third kappa shape index (κ3) is 9.33. The van der Waals surface area contributed by atoms with Gasteiger partial charge in [-0.3, -0.25) is 9.59 Å². The fraction of sp³-hybridized carbons (Fsp3) is 0.778. The van der Waals surface area contributed by atoms with Gasteiger partial charge < -0.3 is 18.9 Å². The largest absolute Gasteiger partial charge is 0.466 e. The van der Waals surface area contributed by atoms with Crippen molar-refractivity contribution in [1.29, 1.82) is 0 Å². The van der Waals surface area contributed by atoms with E-state index in [0.29, 0.717) is 0 Å². The first kappa shape index (κ1) is 14.0. The van der Waals surface area contributed by atoms with Crippen LogP contribution in [0.1, 0.15) is 13.3 Å². The van der Waals surface area contributed by atoms with Crippen LogP contribution in [0.5, 0.6) is 0 Å². The van der Waals surface area contributed by atoms with Crippen molar-refractivity contribution in [2.75, 3.05) is 33.9 Å². The normalized spacial score (nSPS) is 10.0. The summed E-state index contributed by atoms with van der Waals surface area (Å²) in [5, 5.41) is 0. The minimum atomic E-state index is -0.538. The summed E-state index contributed by atoms with van der Waals surface area (Å²) >= 11 is 0. The number of ether oxygens (including phenoxy) is 4. The quantitative estimate of drug-likeness (QED) is 0.237. The minimum Gasteiger partial charge on any atom is -0.466 e. The van der Waals surface area contributed by atoms with Crippen molar-refractivity contribution in [2.45, 2.75) is 13.3 Å². The first-order chi connectivity index (χ1) is 7.20. The Morgan fingerprint density at radius 2 is 1.87 bits per heavy atom. The van der Waals surface area contributed by atoms with Crippen LogP contribution in [0.2, 0.25) is 0 Å². The van der Waals surface area contributed by atoms with Crippen LogP contribution >= 0.6 is 0 Å². The molecule has 0 radical (unpaired) electrons. The van der Waals surface area contributed by atoms with Gasteiger partial charge in [0, 0.05) is 7.11 Å². The molecule has 0 bridgehead atoms. The van der Waals surface area contributed by atoms with Crippen LogP contribution in [0, 0.1) is 0 Å². The monoisotopic (exact) mass is 220 g/mol. The Labute approximate surface area is 88.4 Å². The van der Waals surface area contributed by atoms with Gasteiger partial charge in [0.25, 0.3) is 0 Å². The van der Waals surface area contributed by atoms with E-state index in [2.05, 4.69) is 9.47 Å². The molecule has 0 amide bonds. The fourth-order valence-electron chi connectivity index (χ4n) is 0.756. The summed E-state index contributed by atoms with van der Waals surface area (Å²) in [4.78, 5) is 21.9. The molecular formula is C9H16O6. The van der Waals surface area contributed by atoms with Crippen LogP contribution in [0.4, 0.5) is 0 Å². The van der Waals surface area contributed by atoms with E-state index in [0.717, 1.165) is 0 Å². The molecule has 0 spiro atoms. The molecule has 0 saturated heterocycles. The van der Waals surface area contributed by atoms with Crippen molar-refractivity contribution in [2.24, 2.45) is 0 Å². The van der Waals surface area contributed by atoms with Crippen molar-refractivity contribution in [1.82, 2.24) is 0 Å². The molecule has 0 saturated carbocycles. The maximum atomic E-state index is 11.0. The number of carbonyl (C=O) groups is 2. The van der Waals surface area contributed by atoms with Crippen molar-refractivity contribution in [3.05, 3.63) is 0 Å². The van der Waals surface area contributed by atoms with Gasteiger partial charge in [-0.25, -0.2) is 0 Å². The fourth-order valence-corrected chi connectivity index (χ4v) is 0.756. The van der Waals surface area contributed by atoms with Gasteiger partial charge in [0.15, 0.2) is 5.78 Å². The second kappa shape index (κ2) is 9.57. The average molecular weight is 220 g/mol. The third-order valence-electron chi connectivity index (χ3n) is 1.28. The number of rotatable bonds is 9. The highest BCUT2D eigenvalue weighted by Crippen LogP contribution is 1.90. The van der Waals surface area contributed by atoms with E-state index < -0.39 is 5.97 Å². The summed E-state index contributed by atoms with van der Waals surface area (Å²) in [5.41, 5.74) is 0. The predicted octanol–water partition coefficient (Wildman–Crippen LogP) is 0.103. The van der Waals surface area contributed by atoms with E-state index in [1.54, 1.807) is 6.92 Å². The molecule has 0 aromatic heterocycles. The lowest BCUT2D eigenvalue weighted by atomic mass is 10.3. The first-order valence-electron chi connectivity index (χ1n) is 4.52. The summed E-state index contributed by atoms with van der Waals surface area (Å²) in [6.07, 6.45) is -0.266. The van der Waals surface area contributed by atoms with Gasteiger partial charge in [0.2, 0.25) is 0 Å². The number of ketones is 1. The molecule has 0 N–H and O–H groups in total. The minimum absolute atomic E-state index is 0.0393. The van der Waals surface area contributed by atoms with Crippen molar-refractivity contribution in [3.8, 4) is 0 Å². The van der Waals surface area contributed by atoms with Gasteiger partial charge in [-0.15, -0.1) is 0 Å². The van der Waals surface area contributed by atoms with Gasteiger partial charge in [0.1, 0.15) is 26.6 Å². The van der Waals surface area contributed by atoms with Crippen LogP contribution in [0.25, 0.3) is 0 Å². The predicted molar refractivity (Wildman–Crippen MR) is 50.0 cm³/mol. The standard InChI is InChI=1S/C9H16O6/c1-3-15-9(11)4-8(10)5-13-7-14-6-12-2/h3-7H2,1-2H3. The first-order valence-corrected chi connectivity index (χ1v) is 4.52. The van der Waals surface area contributed by atoms with Crippen LogP contribution in [-0.4, -0.2) is 45.7 Å². The molecule has 0 fully saturated rings. The van der Waals surface area contributed by atoms with Gasteiger partial charge >= 0.3 is 5.97 Å². The van der Waals surface area contributed by atoms with Crippen LogP contribution in [0.15, 0.2) is 0 Å². The highest BCUT2D eigenvalue weighted by molar-refractivity contribution is 5.96. The SMILES string of the molecule is CCOC(=O)CC(=O)COCOCOC. The van der Waals surface area contributed by atoms with E-state index in [4.69, 9.17) is 9.47 Å². The van der Waals surface area contributed by atoms with E-state index in [9.17, 15) is 9.59 Å². The lowest BCUT2D eigenvalue weighted by molar-refractivity contribution is -0.150. The Morgan fingerprint density at radius 1 is 1.13 bits per heavy atom. The highest BCUT2D eigenvalue weighted by Gasteiger charge is 2.09. The van der Waals surface area contributed by atoms with Gasteiger partial charge in [0.05, 0.1) is 6.61 Å². The second-order valence-corrected chi connectivity index (χ2v) is 2.60. The Bertz CT molecular complexity index is 191. The van der Waals surface area contributed by atoms with Crippen molar-refractivity contribution in [3.63, 3.8) is 0 Å². The molecule has 6 nitrogen and oxygen atoms in total. The summed E-state index contributed by atoms with van der Waals surface area (Å²) in [5.74, 6) is -0.877. The molecule has 0 aliphatic carbocycles. The number of Topliss-reactive ketones (excluding diaryl/α,β-unsaturated/α-hetero) is 1. The molecule has 0 aliphatic rings. The molecule has 0 unspecified atom stereocenters. The summed E-state index contributed by atoms with van der Waals surface area (Å²) in [6.45, 7) is 1.85. The van der Waals surface area contributed by atoms with Gasteiger partial charge in [-0.1, -0.05) is 0 Å². The number of hydrogen-bond acceptors (Lipinski definition) is 6. The zero-order chi connectivity index (χ0) is 11.5. The number of carbonyl (C=O) groups excluding carboxylic acids is 2. The molecule has 88 valence electrons. The maximum absolute atomic E-state index is 11.0. The molecule has 0 aromatic rings. The average Bonchev–Trinajstić information content (AvgIpc) is 2.17. The van der Waals surface area contributed by atoms with Crippen LogP contribution in [0.3, 0.4) is 0 Å².